The lowest BCUT2D eigenvalue weighted by Gasteiger charge is -2.28. The second-order valence-corrected chi connectivity index (χ2v) is 6.89. The molecule has 1 aliphatic rings. The number of rotatable bonds is 9. The Labute approximate surface area is 151 Å². The summed E-state index contributed by atoms with van der Waals surface area (Å²) >= 11 is 5.63. The molecule has 0 amide bonds. The number of nitrogens with zero attached hydrogens (tertiary/aromatic N) is 1. The molecule has 0 radical (unpaired) electrons. The van der Waals surface area contributed by atoms with Crippen molar-refractivity contribution in [2.75, 3.05) is 26.3 Å². The molecule has 0 saturated carbocycles. The van der Waals surface area contributed by atoms with Crippen LogP contribution in [0.15, 0.2) is 30.3 Å². The zero-order valence-electron chi connectivity index (χ0n) is 14.9. The zero-order valence-corrected chi connectivity index (χ0v) is 15.7. The smallest absolute Gasteiger partial charge is 0.169 e. The van der Waals surface area contributed by atoms with Crippen molar-refractivity contribution in [1.29, 1.82) is 0 Å². The highest BCUT2D eigenvalue weighted by molar-refractivity contribution is 7.80. The van der Waals surface area contributed by atoms with Gasteiger partial charge in [-0.05, 0) is 50.9 Å². The summed E-state index contributed by atoms with van der Waals surface area (Å²) in [6.45, 7) is 8.25. The van der Waals surface area contributed by atoms with Gasteiger partial charge in [-0.2, -0.15) is 0 Å². The Hall–Kier alpha value is -1.17. The van der Waals surface area contributed by atoms with Crippen molar-refractivity contribution in [2.24, 2.45) is 0 Å². The number of ether oxygens (including phenoxy) is 2. The molecule has 24 heavy (non-hydrogen) atoms. The summed E-state index contributed by atoms with van der Waals surface area (Å²) in [6, 6.07) is 10.5. The molecule has 1 N–H and O–H groups in total. The fraction of sp³-hybridized carbons (Fsp3) is 0.632. The SMILES string of the molecule is CC(C)OCCCNC(=S)N(Cc1ccccc1)C[C@H]1CCCO1. The van der Waals surface area contributed by atoms with Crippen molar-refractivity contribution in [3.05, 3.63) is 35.9 Å². The third kappa shape index (κ3) is 7.16. The molecule has 1 aromatic carbocycles. The molecule has 0 unspecified atom stereocenters. The van der Waals surface area contributed by atoms with Gasteiger partial charge in [-0.25, -0.2) is 0 Å². The first-order valence-corrected chi connectivity index (χ1v) is 9.36. The molecule has 0 aliphatic carbocycles. The van der Waals surface area contributed by atoms with Gasteiger partial charge < -0.3 is 19.7 Å². The highest BCUT2D eigenvalue weighted by Gasteiger charge is 2.21. The molecule has 1 atom stereocenters. The van der Waals surface area contributed by atoms with Crippen LogP contribution in [0.1, 0.15) is 38.7 Å². The molecule has 1 heterocycles. The van der Waals surface area contributed by atoms with Crippen LogP contribution in [0.5, 0.6) is 0 Å². The normalized spacial score (nSPS) is 17.2. The predicted octanol–water partition coefficient (Wildman–Crippen LogP) is 3.36. The van der Waals surface area contributed by atoms with Gasteiger partial charge in [0.2, 0.25) is 0 Å². The number of hydrogen-bond acceptors (Lipinski definition) is 3. The molecule has 134 valence electrons. The van der Waals surface area contributed by atoms with Gasteiger partial charge >= 0.3 is 0 Å². The third-order valence-electron chi connectivity index (χ3n) is 4.00. The predicted molar refractivity (Wildman–Crippen MR) is 102 cm³/mol. The largest absolute Gasteiger partial charge is 0.379 e. The average molecular weight is 351 g/mol. The Morgan fingerprint density at radius 3 is 2.83 bits per heavy atom. The zero-order chi connectivity index (χ0) is 17.2. The molecule has 1 fully saturated rings. The standard InChI is InChI=1S/C19H30N2O2S/c1-16(2)22-13-7-11-20-19(24)21(15-18-10-6-12-23-18)14-17-8-4-3-5-9-17/h3-5,8-9,16,18H,6-7,10-15H2,1-2H3,(H,20,24)/t18-/m1/s1. The van der Waals surface area contributed by atoms with Crippen LogP contribution in [0.3, 0.4) is 0 Å². The lowest BCUT2D eigenvalue weighted by molar-refractivity contribution is 0.0771. The minimum atomic E-state index is 0.283. The van der Waals surface area contributed by atoms with Crippen LogP contribution in [-0.2, 0) is 16.0 Å². The molecule has 1 aromatic rings. The van der Waals surface area contributed by atoms with E-state index in [-0.39, 0.29) is 12.2 Å². The molecule has 0 spiro atoms. The highest BCUT2D eigenvalue weighted by Crippen LogP contribution is 2.15. The monoisotopic (exact) mass is 350 g/mol. The maximum absolute atomic E-state index is 5.79. The molecular formula is C19H30N2O2S. The first-order valence-electron chi connectivity index (χ1n) is 8.95. The van der Waals surface area contributed by atoms with E-state index in [2.05, 4.69) is 48.3 Å². The lowest BCUT2D eigenvalue weighted by atomic mass is 10.2. The molecular weight excluding hydrogens is 320 g/mol. The Morgan fingerprint density at radius 2 is 2.17 bits per heavy atom. The summed E-state index contributed by atoms with van der Waals surface area (Å²) < 4.78 is 11.4. The summed E-state index contributed by atoms with van der Waals surface area (Å²) in [6.07, 6.45) is 3.80. The minimum absolute atomic E-state index is 0.283. The number of benzene rings is 1. The van der Waals surface area contributed by atoms with Crippen molar-refractivity contribution in [3.8, 4) is 0 Å². The van der Waals surface area contributed by atoms with Crippen molar-refractivity contribution in [3.63, 3.8) is 0 Å². The minimum Gasteiger partial charge on any atom is -0.379 e. The van der Waals surface area contributed by atoms with Crippen LogP contribution in [0.4, 0.5) is 0 Å². The maximum atomic E-state index is 5.79. The van der Waals surface area contributed by atoms with E-state index in [4.69, 9.17) is 21.7 Å². The van der Waals surface area contributed by atoms with E-state index in [0.29, 0.717) is 0 Å². The Kier molecular flexibility index (Phi) is 8.50. The van der Waals surface area contributed by atoms with Crippen molar-refractivity contribution in [2.45, 2.75) is 51.9 Å². The van der Waals surface area contributed by atoms with Gasteiger partial charge in [0, 0.05) is 32.8 Å². The van der Waals surface area contributed by atoms with Crippen molar-refractivity contribution >= 4 is 17.3 Å². The Balaban J connectivity index is 1.82. The van der Waals surface area contributed by atoms with E-state index in [1.54, 1.807) is 0 Å². The first kappa shape index (κ1) is 19.2. The lowest BCUT2D eigenvalue weighted by Crippen LogP contribution is -2.43. The van der Waals surface area contributed by atoms with Gasteiger partial charge in [-0.15, -0.1) is 0 Å². The van der Waals surface area contributed by atoms with Crippen molar-refractivity contribution in [1.82, 2.24) is 10.2 Å². The summed E-state index contributed by atoms with van der Waals surface area (Å²) in [5.74, 6) is 0. The van der Waals surface area contributed by atoms with Crippen LogP contribution in [0.25, 0.3) is 0 Å². The van der Waals surface area contributed by atoms with Crippen LogP contribution < -0.4 is 5.32 Å². The average Bonchev–Trinajstić information content (AvgIpc) is 3.07. The summed E-state index contributed by atoms with van der Waals surface area (Å²) in [5.41, 5.74) is 1.27. The third-order valence-corrected chi connectivity index (χ3v) is 4.40. The molecule has 5 heteroatoms. The topological polar surface area (TPSA) is 33.7 Å². The Bertz CT molecular complexity index is 476. The number of hydrogen-bond donors (Lipinski definition) is 1. The molecule has 2 rings (SSSR count). The quantitative estimate of drug-likeness (QED) is 0.546. The Morgan fingerprint density at radius 1 is 1.38 bits per heavy atom. The van der Waals surface area contributed by atoms with Crippen LogP contribution in [0, 0.1) is 0 Å². The fourth-order valence-corrected chi connectivity index (χ4v) is 3.00. The van der Waals surface area contributed by atoms with Gasteiger partial charge in [0.15, 0.2) is 5.11 Å². The van der Waals surface area contributed by atoms with E-state index in [9.17, 15) is 0 Å². The van der Waals surface area contributed by atoms with E-state index in [1.807, 2.05) is 6.07 Å². The number of thiocarbonyl (C=S) groups is 1. The molecule has 0 bridgehead atoms. The summed E-state index contributed by atoms with van der Waals surface area (Å²) in [7, 11) is 0. The second kappa shape index (κ2) is 10.6. The maximum Gasteiger partial charge on any atom is 0.169 e. The first-order chi connectivity index (χ1) is 11.6. The second-order valence-electron chi connectivity index (χ2n) is 6.51. The van der Waals surface area contributed by atoms with E-state index in [0.717, 1.165) is 57.2 Å². The van der Waals surface area contributed by atoms with E-state index < -0.39 is 0 Å². The van der Waals surface area contributed by atoms with Gasteiger partial charge in [0.25, 0.3) is 0 Å². The fourth-order valence-electron chi connectivity index (χ4n) is 2.76. The van der Waals surface area contributed by atoms with Crippen LogP contribution >= 0.6 is 12.2 Å². The van der Waals surface area contributed by atoms with E-state index >= 15 is 0 Å². The highest BCUT2D eigenvalue weighted by atomic mass is 32.1. The van der Waals surface area contributed by atoms with Gasteiger partial charge in [0.05, 0.1) is 12.2 Å². The summed E-state index contributed by atoms with van der Waals surface area (Å²) in [5, 5.41) is 4.18. The van der Waals surface area contributed by atoms with Crippen LogP contribution in [0.2, 0.25) is 0 Å². The summed E-state index contributed by atoms with van der Waals surface area (Å²) in [4.78, 5) is 2.23. The molecule has 1 saturated heterocycles. The van der Waals surface area contributed by atoms with Gasteiger partial charge in [0.1, 0.15) is 0 Å². The molecule has 1 aliphatic heterocycles. The van der Waals surface area contributed by atoms with E-state index in [1.165, 1.54) is 5.56 Å². The molecule has 4 nitrogen and oxygen atoms in total. The molecule has 0 aromatic heterocycles. The number of nitrogens with one attached hydrogen (secondary N) is 1. The van der Waals surface area contributed by atoms with Crippen LogP contribution in [-0.4, -0.2) is 48.5 Å². The van der Waals surface area contributed by atoms with Gasteiger partial charge in [-0.1, -0.05) is 30.3 Å². The van der Waals surface area contributed by atoms with Gasteiger partial charge in [-0.3, -0.25) is 0 Å². The van der Waals surface area contributed by atoms with Crippen molar-refractivity contribution < 1.29 is 9.47 Å².